The Bertz CT molecular complexity index is 861. The molecule has 7 heteroatoms. The molecule has 2 aromatic carbocycles. The summed E-state index contributed by atoms with van der Waals surface area (Å²) >= 11 is 2.87. The molecule has 130 valence electrons. The summed E-state index contributed by atoms with van der Waals surface area (Å²) in [5.74, 6) is 1.45. The standard InChI is InChI=1S/C18H19N3O2S2/c1-12(14-9-5-7-13-6-3-4-8-15(13)14)19-16(22)10-25-18-21-20-17(23-18)11-24-2/h3-9,12H,10-11H2,1-2H3,(H,19,22). The van der Waals surface area contributed by atoms with E-state index in [1.165, 1.54) is 17.1 Å². The summed E-state index contributed by atoms with van der Waals surface area (Å²) in [6.07, 6.45) is 1.97. The number of nitrogens with one attached hydrogen (secondary N) is 1. The van der Waals surface area contributed by atoms with Crippen molar-refractivity contribution in [1.82, 2.24) is 15.5 Å². The molecule has 3 aromatic rings. The van der Waals surface area contributed by atoms with Crippen molar-refractivity contribution in [3.05, 3.63) is 53.9 Å². The van der Waals surface area contributed by atoms with Crippen LogP contribution in [0.1, 0.15) is 24.4 Å². The molecule has 0 spiro atoms. The molecule has 1 N–H and O–H groups in total. The van der Waals surface area contributed by atoms with Gasteiger partial charge in [-0.05, 0) is 29.5 Å². The quantitative estimate of drug-likeness (QED) is 0.630. The van der Waals surface area contributed by atoms with Crippen molar-refractivity contribution in [3.8, 4) is 0 Å². The first-order valence-electron chi connectivity index (χ1n) is 7.88. The van der Waals surface area contributed by atoms with Crippen LogP contribution < -0.4 is 5.32 Å². The van der Waals surface area contributed by atoms with Crippen LogP contribution >= 0.6 is 23.5 Å². The highest BCUT2D eigenvalue weighted by Gasteiger charge is 2.14. The van der Waals surface area contributed by atoms with Gasteiger partial charge in [0, 0.05) is 0 Å². The van der Waals surface area contributed by atoms with Gasteiger partial charge in [-0.15, -0.1) is 10.2 Å². The van der Waals surface area contributed by atoms with E-state index >= 15 is 0 Å². The van der Waals surface area contributed by atoms with Gasteiger partial charge in [0.15, 0.2) is 0 Å². The summed E-state index contributed by atoms with van der Waals surface area (Å²) in [5.41, 5.74) is 1.11. The Kier molecular flexibility index (Phi) is 5.99. The molecule has 0 fully saturated rings. The molecule has 0 saturated heterocycles. The third kappa shape index (κ3) is 4.55. The van der Waals surface area contributed by atoms with Gasteiger partial charge in [0.2, 0.25) is 11.8 Å². The van der Waals surface area contributed by atoms with Crippen molar-refractivity contribution in [2.24, 2.45) is 0 Å². The van der Waals surface area contributed by atoms with Crippen LogP contribution in [0.2, 0.25) is 0 Å². The fourth-order valence-electron chi connectivity index (χ4n) is 2.59. The van der Waals surface area contributed by atoms with Gasteiger partial charge >= 0.3 is 0 Å². The van der Waals surface area contributed by atoms with Crippen molar-refractivity contribution in [2.45, 2.75) is 23.9 Å². The van der Waals surface area contributed by atoms with E-state index in [4.69, 9.17) is 4.42 Å². The second-order valence-electron chi connectivity index (χ2n) is 5.54. The molecule has 0 radical (unpaired) electrons. The van der Waals surface area contributed by atoms with Crippen molar-refractivity contribution < 1.29 is 9.21 Å². The Hall–Kier alpha value is -1.99. The van der Waals surface area contributed by atoms with Crippen LogP contribution in [0.3, 0.4) is 0 Å². The lowest BCUT2D eigenvalue weighted by Crippen LogP contribution is -2.28. The number of aromatic nitrogens is 2. The van der Waals surface area contributed by atoms with Crippen molar-refractivity contribution in [3.63, 3.8) is 0 Å². The molecule has 1 atom stereocenters. The average Bonchev–Trinajstić information content (AvgIpc) is 3.07. The molecule has 0 bridgehead atoms. The molecule has 1 amide bonds. The Morgan fingerprint density at radius 3 is 2.84 bits per heavy atom. The fourth-order valence-corrected chi connectivity index (χ4v) is 3.55. The van der Waals surface area contributed by atoms with Gasteiger partial charge < -0.3 is 9.73 Å². The van der Waals surface area contributed by atoms with Gasteiger partial charge in [0.1, 0.15) is 0 Å². The number of carbonyl (C=O) groups excluding carboxylic acids is 1. The minimum atomic E-state index is -0.0751. The number of rotatable bonds is 7. The van der Waals surface area contributed by atoms with E-state index in [9.17, 15) is 4.79 Å². The molecular formula is C18H19N3O2S2. The maximum absolute atomic E-state index is 12.2. The molecule has 5 nitrogen and oxygen atoms in total. The Morgan fingerprint density at radius 2 is 2.00 bits per heavy atom. The topological polar surface area (TPSA) is 68.0 Å². The Labute approximate surface area is 155 Å². The van der Waals surface area contributed by atoms with Crippen LogP contribution in [0.25, 0.3) is 10.8 Å². The number of fused-ring (bicyclic) bond motifs is 1. The molecular weight excluding hydrogens is 354 g/mol. The van der Waals surface area contributed by atoms with Gasteiger partial charge in [0.05, 0.1) is 17.5 Å². The number of hydrogen-bond acceptors (Lipinski definition) is 6. The maximum atomic E-state index is 12.2. The van der Waals surface area contributed by atoms with Gasteiger partial charge in [-0.3, -0.25) is 4.79 Å². The van der Waals surface area contributed by atoms with Gasteiger partial charge in [-0.2, -0.15) is 11.8 Å². The molecule has 0 saturated carbocycles. The van der Waals surface area contributed by atoms with E-state index in [1.54, 1.807) is 11.8 Å². The third-order valence-corrected chi connectivity index (χ3v) is 5.06. The Morgan fingerprint density at radius 1 is 1.20 bits per heavy atom. The molecule has 25 heavy (non-hydrogen) atoms. The zero-order chi connectivity index (χ0) is 17.6. The predicted molar refractivity (Wildman–Crippen MR) is 103 cm³/mol. The minimum absolute atomic E-state index is 0.0601. The van der Waals surface area contributed by atoms with E-state index in [-0.39, 0.29) is 17.7 Å². The van der Waals surface area contributed by atoms with Crippen LogP contribution in [0, 0.1) is 0 Å². The lowest BCUT2D eigenvalue weighted by atomic mass is 10.00. The molecule has 0 aliphatic rings. The van der Waals surface area contributed by atoms with Crippen molar-refractivity contribution in [1.29, 1.82) is 0 Å². The second kappa shape index (κ2) is 8.40. The first-order chi connectivity index (χ1) is 12.2. The fraction of sp³-hybridized carbons (Fsp3) is 0.278. The van der Waals surface area contributed by atoms with E-state index in [1.807, 2.05) is 37.4 Å². The SMILES string of the molecule is CSCc1nnc(SCC(=O)NC(C)c2cccc3ccccc23)o1. The monoisotopic (exact) mass is 373 g/mol. The van der Waals surface area contributed by atoms with Crippen LogP contribution in [0.15, 0.2) is 52.1 Å². The number of amides is 1. The summed E-state index contributed by atoms with van der Waals surface area (Å²) in [6.45, 7) is 1.99. The largest absolute Gasteiger partial charge is 0.415 e. The smallest absolute Gasteiger partial charge is 0.277 e. The molecule has 1 heterocycles. The number of thioether (sulfide) groups is 2. The van der Waals surface area contributed by atoms with Gasteiger partial charge in [-0.25, -0.2) is 0 Å². The van der Waals surface area contributed by atoms with Gasteiger partial charge in [0.25, 0.3) is 5.22 Å². The average molecular weight is 374 g/mol. The summed E-state index contributed by atoms with van der Waals surface area (Å²) in [7, 11) is 0. The molecule has 1 aromatic heterocycles. The van der Waals surface area contributed by atoms with Crippen molar-refractivity contribution in [2.75, 3.05) is 12.0 Å². The molecule has 0 aliphatic carbocycles. The zero-order valence-corrected chi connectivity index (χ0v) is 15.7. The van der Waals surface area contributed by atoms with E-state index in [0.29, 0.717) is 16.9 Å². The van der Waals surface area contributed by atoms with E-state index in [2.05, 4.69) is 33.7 Å². The third-order valence-electron chi connectivity index (χ3n) is 3.71. The Balaban J connectivity index is 1.60. The van der Waals surface area contributed by atoms with Crippen LogP contribution in [0.4, 0.5) is 0 Å². The van der Waals surface area contributed by atoms with E-state index in [0.717, 1.165) is 10.9 Å². The second-order valence-corrected chi connectivity index (χ2v) is 7.33. The molecule has 3 rings (SSSR count). The number of hydrogen-bond donors (Lipinski definition) is 1. The normalized spacial score (nSPS) is 12.2. The van der Waals surface area contributed by atoms with E-state index < -0.39 is 0 Å². The number of carbonyl (C=O) groups is 1. The lowest BCUT2D eigenvalue weighted by Gasteiger charge is -2.16. The first-order valence-corrected chi connectivity index (χ1v) is 10.3. The van der Waals surface area contributed by atoms with Crippen molar-refractivity contribution >= 4 is 40.2 Å². The summed E-state index contributed by atoms with van der Waals surface area (Å²) < 4.78 is 5.46. The number of benzene rings is 2. The highest BCUT2D eigenvalue weighted by molar-refractivity contribution is 7.99. The lowest BCUT2D eigenvalue weighted by molar-refractivity contribution is -0.119. The first kappa shape index (κ1) is 17.8. The van der Waals surface area contributed by atoms with Gasteiger partial charge in [-0.1, -0.05) is 54.2 Å². The molecule has 0 aliphatic heterocycles. The van der Waals surface area contributed by atoms with Crippen LogP contribution in [-0.2, 0) is 10.5 Å². The minimum Gasteiger partial charge on any atom is -0.415 e. The summed E-state index contributed by atoms with van der Waals surface area (Å²) in [4.78, 5) is 12.2. The van der Waals surface area contributed by atoms with Crippen LogP contribution in [-0.4, -0.2) is 28.1 Å². The highest BCUT2D eigenvalue weighted by Crippen LogP contribution is 2.24. The zero-order valence-electron chi connectivity index (χ0n) is 14.1. The summed E-state index contributed by atoms with van der Waals surface area (Å²) in [5, 5.41) is 13.7. The predicted octanol–water partition coefficient (Wildman–Crippen LogP) is 4.06. The summed E-state index contributed by atoms with van der Waals surface area (Å²) in [6, 6.07) is 14.2. The van der Waals surface area contributed by atoms with Crippen LogP contribution in [0.5, 0.6) is 0 Å². The number of nitrogens with zero attached hydrogens (tertiary/aromatic N) is 2. The molecule has 1 unspecified atom stereocenters. The highest BCUT2D eigenvalue weighted by atomic mass is 32.2. The maximum Gasteiger partial charge on any atom is 0.277 e.